The molecule has 3 rings (SSSR count). The fraction of sp³-hybridized carbons (Fsp3) is 0.467. The third-order valence-electron chi connectivity index (χ3n) is 4.03. The third kappa shape index (κ3) is 3.39. The maximum Gasteiger partial charge on any atom is 0.353 e. The molecule has 0 radical (unpaired) electrons. The summed E-state index contributed by atoms with van der Waals surface area (Å²) in [6, 6.07) is 3.52. The number of rotatable bonds is 5. The molecule has 0 aliphatic carbocycles. The normalized spacial score (nSPS) is 17.7. The van der Waals surface area contributed by atoms with Crippen LogP contribution in [-0.2, 0) is 6.54 Å². The summed E-state index contributed by atoms with van der Waals surface area (Å²) in [6.45, 7) is 4.07. The zero-order valence-electron chi connectivity index (χ0n) is 13.4. The fourth-order valence-corrected chi connectivity index (χ4v) is 2.86. The molecule has 1 aliphatic heterocycles. The van der Waals surface area contributed by atoms with Crippen molar-refractivity contribution >= 4 is 23.3 Å². The molecule has 2 aromatic heterocycles. The predicted molar refractivity (Wildman–Crippen MR) is 89.7 cm³/mol. The molecule has 9 nitrogen and oxygen atoms in total. The molecule has 3 heterocycles. The van der Waals surface area contributed by atoms with E-state index in [-0.39, 0.29) is 23.9 Å². The monoisotopic (exact) mass is 332 g/mol. The van der Waals surface area contributed by atoms with Gasteiger partial charge in [-0.2, -0.15) is 9.97 Å². The number of nitrogens with zero attached hydrogens (tertiary/aromatic N) is 4. The minimum Gasteiger partial charge on any atom is -0.467 e. The first-order chi connectivity index (χ1) is 11.5. The van der Waals surface area contributed by atoms with E-state index in [1.54, 1.807) is 18.4 Å². The highest BCUT2D eigenvalue weighted by Gasteiger charge is 2.26. The Kier molecular flexibility index (Phi) is 4.50. The summed E-state index contributed by atoms with van der Waals surface area (Å²) in [5.74, 6) is 1.57. The minimum atomic E-state index is -0.567. The van der Waals surface area contributed by atoms with Crippen molar-refractivity contribution in [3.63, 3.8) is 0 Å². The number of hydrogen-bond donors (Lipinski definition) is 2. The lowest BCUT2D eigenvalue weighted by Crippen LogP contribution is -2.35. The van der Waals surface area contributed by atoms with Crippen LogP contribution in [0, 0.1) is 16.0 Å². The SMILES string of the molecule is C[C@@H]1CCCN(c2nc(N)c([N+](=O)[O-])c(NCc3ccco3)n2)C1. The molecular weight excluding hydrogens is 312 g/mol. The van der Waals surface area contributed by atoms with Crippen molar-refractivity contribution in [1.82, 2.24) is 9.97 Å². The molecular formula is C15H20N6O3. The molecule has 1 atom stereocenters. The van der Waals surface area contributed by atoms with Gasteiger partial charge in [-0.05, 0) is 30.9 Å². The van der Waals surface area contributed by atoms with Crippen LogP contribution in [-0.4, -0.2) is 28.0 Å². The van der Waals surface area contributed by atoms with Crippen LogP contribution < -0.4 is 16.0 Å². The fourth-order valence-electron chi connectivity index (χ4n) is 2.86. The van der Waals surface area contributed by atoms with E-state index in [2.05, 4.69) is 22.2 Å². The van der Waals surface area contributed by atoms with Gasteiger partial charge in [-0.3, -0.25) is 10.1 Å². The van der Waals surface area contributed by atoms with Crippen molar-refractivity contribution in [2.24, 2.45) is 5.92 Å². The molecule has 1 fully saturated rings. The Morgan fingerprint density at radius 3 is 3.04 bits per heavy atom. The van der Waals surface area contributed by atoms with Crippen molar-refractivity contribution in [2.45, 2.75) is 26.3 Å². The van der Waals surface area contributed by atoms with Gasteiger partial charge in [0, 0.05) is 13.1 Å². The maximum atomic E-state index is 11.3. The smallest absolute Gasteiger partial charge is 0.353 e. The molecule has 3 N–H and O–H groups in total. The number of aromatic nitrogens is 2. The van der Waals surface area contributed by atoms with Gasteiger partial charge < -0.3 is 20.4 Å². The Morgan fingerprint density at radius 1 is 1.54 bits per heavy atom. The van der Waals surface area contributed by atoms with Crippen LogP contribution in [0.15, 0.2) is 22.8 Å². The Bertz CT molecular complexity index is 718. The number of hydrogen-bond acceptors (Lipinski definition) is 8. The van der Waals surface area contributed by atoms with Gasteiger partial charge in [-0.25, -0.2) is 0 Å². The summed E-state index contributed by atoms with van der Waals surface area (Å²) >= 11 is 0. The van der Waals surface area contributed by atoms with Crippen molar-refractivity contribution in [2.75, 3.05) is 29.0 Å². The summed E-state index contributed by atoms with van der Waals surface area (Å²) in [7, 11) is 0. The Balaban J connectivity index is 1.89. The van der Waals surface area contributed by atoms with Crippen LogP contribution >= 0.6 is 0 Å². The van der Waals surface area contributed by atoms with Crippen LogP contribution in [0.3, 0.4) is 0 Å². The van der Waals surface area contributed by atoms with Gasteiger partial charge in [0.1, 0.15) is 5.76 Å². The molecule has 0 aromatic carbocycles. The predicted octanol–water partition coefficient (Wildman–Crippen LogP) is 2.41. The number of piperidine rings is 1. The number of nitrogen functional groups attached to an aromatic ring is 1. The average molecular weight is 332 g/mol. The molecule has 0 saturated carbocycles. The van der Waals surface area contributed by atoms with Gasteiger partial charge in [-0.15, -0.1) is 0 Å². The minimum absolute atomic E-state index is 0.108. The second-order valence-corrected chi connectivity index (χ2v) is 5.99. The number of nitrogens with one attached hydrogen (secondary N) is 1. The van der Waals surface area contributed by atoms with E-state index < -0.39 is 4.92 Å². The summed E-state index contributed by atoms with van der Waals surface area (Å²) in [5, 5.41) is 14.2. The highest BCUT2D eigenvalue weighted by Crippen LogP contribution is 2.31. The Morgan fingerprint density at radius 2 is 2.38 bits per heavy atom. The van der Waals surface area contributed by atoms with Crippen LogP contribution in [0.2, 0.25) is 0 Å². The van der Waals surface area contributed by atoms with E-state index in [4.69, 9.17) is 10.2 Å². The zero-order chi connectivity index (χ0) is 17.1. The first-order valence-electron chi connectivity index (χ1n) is 7.87. The second-order valence-electron chi connectivity index (χ2n) is 5.99. The van der Waals surface area contributed by atoms with Gasteiger partial charge in [-0.1, -0.05) is 6.92 Å². The second kappa shape index (κ2) is 6.73. The lowest BCUT2D eigenvalue weighted by molar-refractivity contribution is -0.383. The molecule has 9 heteroatoms. The molecule has 0 spiro atoms. The van der Waals surface area contributed by atoms with E-state index in [9.17, 15) is 10.1 Å². The number of nitro groups is 1. The van der Waals surface area contributed by atoms with Crippen molar-refractivity contribution in [3.8, 4) is 0 Å². The maximum absolute atomic E-state index is 11.3. The Labute approximate surface area is 139 Å². The molecule has 128 valence electrons. The largest absolute Gasteiger partial charge is 0.467 e. The van der Waals surface area contributed by atoms with Crippen LogP contribution in [0.5, 0.6) is 0 Å². The van der Waals surface area contributed by atoms with Gasteiger partial charge in [0.25, 0.3) is 0 Å². The molecule has 0 bridgehead atoms. The van der Waals surface area contributed by atoms with E-state index >= 15 is 0 Å². The highest BCUT2D eigenvalue weighted by atomic mass is 16.6. The highest BCUT2D eigenvalue weighted by molar-refractivity contribution is 5.70. The van der Waals surface area contributed by atoms with E-state index in [0.29, 0.717) is 17.6 Å². The zero-order valence-corrected chi connectivity index (χ0v) is 13.4. The first-order valence-corrected chi connectivity index (χ1v) is 7.87. The van der Waals surface area contributed by atoms with Crippen LogP contribution in [0.1, 0.15) is 25.5 Å². The van der Waals surface area contributed by atoms with E-state index in [1.807, 2.05) is 4.90 Å². The van der Waals surface area contributed by atoms with Gasteiger partial charge in [0.2, 0.25) is 17.6 Å². The van der Waals surface area contributed by atoms with Crippen LogP contribution in [0.4, 0.5) is 23.3 Å². The third-order valence-corrected chi connectivity index (χ3v) is 4.03. The first kappa shape index (κ1) is 16.0. The lowest BCUT2D eigenvalue weighted by atomic mass is 10.0. The molecule has 0 unspecified atom stereocenters. The molecule has 1 saturated heterocycles. The molecule has 1 aliphatic rings. The summed E-state index contributed by atoms with van der Waals surface area (Å²) in [5.41, 5.74) is 5.52. The number of furan rings is 1. The van der Waals surface area contributed by atoms with E-state index in [0.717, 1.165) is 25.9 Å². The summed E-state index contributed by atoms with van der Waals surface area (Å²) in [6.07, 6.45) is 3.74. The molecule has 24 heavy (non-hydrogen) atoms. The van der Waals surface area contributed by atoms with Crippen molar-refractivity contribution in [1.29, 1.82) is 0 Å². The Hall–Kier alpha value is -2.84. The standard InChI is InChI=1S/C15H20N6O3/c1-10-4-2-6-20(9-10)15-18-13(16)12(21(22)23)14(19-15)17-8-11-5-3-7-24-11/h3,5,7,10H,2,4,6,8-9H2,1H3,(H3,16,17,18,19)/t10-/m1/s1. The lowest BCUT2D eigenvalue weighted by Gasteiger charge is -2.31. The number of nitrogens with two attached hydrogens (primary N) is 1. The van der Waals surface area contributed by atoms with Gasteiger partial charge in [0.15, 0.2) is 0 Å². The van der Waals surface area contributed by atoms with Gasteiger partial charge in [0.05, 0.1) is 17.7 Å². The van der Waals surface area contributed by atoms with Crippen molar-refractivity contribution < 1.29 is 9.34 Å². The summed E-state index contributed by atoms with van der Waals surface area (Å²) in [4.78, 5) is 21.3. The quantitative estimate of drug-likeness (QED) is 0.632. The van der Waals surface area contributed by atoms with E-state index in [1.165, 1.54) is 0 Å². The summed E-state index contributed by atoms with van der Waals surface area (Å²) < 4.78 is 5.23. The average Bonchev–Trinajstić information content (AvgIpc) is 3.05. The van der Waals surface area contributed by atoms with Crippen molar-refractivity contribution in [3.05, 3.63) is 34.3 Å². The molecule has 0 amide bonds. The molecule has 2 aromatic rings. The van der Waals surface area contributed by atoms with Gasteiger partial charge >= 0.3 is 5.69 Å². The van der Waals surface area contributed by atoms with Crippen LogP contribution in [0.25, 0.3) is 0 Å². The number of anilines is 3. The topological polar surface area (TPSA) is 123 Å².